The van der Waals surface area contributed by atoms with E-state index >= 15 is 0 Å². The lowest BCUT2D eigenvalue weighted by atomic mass is 10.2. The Kier molecular flexibility index (Phi) is 6.24. The summed E-state index contributed by atoms with van der Waals surface area (Å²) < 4.78 is 0. The van der Waals surface area contributed by atoms with Crippen molar-refractivity contribution in [2.24, 2.45) is 5.73 Å². The largest absolute Gasteiger partial charge is 0.480 e. The Bertz CT molecular complexity index is 330. The molecule has 0 aliphatic carbocycles. The Labute approximate surface area is 101 Å². The summed E-state index contributed by atoms with van der Waals surface area (Å²) in [6.45, 7) is 1.08. The molecule has 0 amide bonds. The molecule has 17 heavy (non-hydrogen) atoms. The molecule has 1 rings (SSSR count). The second-order valence-electron chi connectivity index (χ2n) is 3.76. The van der Waals surface area contributed by atoms with Crippen molar-refractivity contribution >= 4 is 5.97 Å². The van der Waals surface area contributed by atoms with Crippen molar-refractivity contribution in [1.29, 1.82) is 0 Å². The normalized spacial score (nSPS) is 12.3. The van der Waals surface area contributed by atoms with Gasteiger partial charge in [0, 0.05) is 6.54 Å². The van der Waals surface area contributed by atoms with Gasteiger partial charge in [-0.15, -0.1) is 0 Å². The van der Waals surface area contributed by atoms with Gasteiger partial charge in [0.1, 0.15) is 6.04 Å². The van der Waals surface area contributed by atoms with Gasteiger partial charge in [-0.2, -0.15) is 0 Å². The highest BCUT2D eigenvalue weighted by atomic mass is 16.6. The molecule has 1 atom stereocenters. The average Bonchev–Trinajstić information content (AvgIpc) is 2.34. The Morgan fingerprint density at radius 1 is 1.41 bits per heavy atom. The molecule has 5 nitrogen and oxygen atoms in total. The van der Waals surface area contributed by atoms with Gasteiger partial charge >= 0.3 is 5.97 Å². The average molecular weight is 238 g/mol. The predicted molar refractivity (Wildman–Crippen MR) is 64.1 cm³/mol. The number of aliphatic carboxylic acids is 1. The minimum Gasteiger partial charge on any atom is -0.480 e. The molecule has 0 radical (unpaired) electrons. The van der Waals surface area contributed by atoms with Crippen molar-refractivity contribution in [3.63, 3.8) is 0 Å². The zero-order valence-electron chi connectivity index (χ0n) is 9.63. The van der Waals surface area contributed by atoms with E-state index in [-0.39, 0.29) is 0 Å². The highest BCUT2D eigenvalue weighted by molar-refractivity contribution is 5.72. The molecule has 94 valence electrons. The van der Waals surface area contributed by atoms with E-state index < -0.39 is 12.0 Å². The van der Waals surface area contributed by atoms with Crippen LogP contribution in [0.5, 0.6) is 0 Å². The third-order valence-corrected chi connectivity index (χ3v) is 2.29. The van der Waals surface area contributed by atoms with E-state index in [1.54, 1.807) is 0 Å². The molecule has 0 bridgehead atoms. The Morgan fingerprint density at radius 2 is 2.12 bits per heavy atom. The molecule has 0 aliphatic heterocycles. The van der Waals surface area contributed by atoms with E-state index in [0.717, 1.165) is 5.56 Å². The van der Waals surface area contributed by atoms with Crippen molar-refractivity contribution in [3.8, 4) is 0 Å². The molecule has 0 saturated heterocycles. The van der Waals surface area contributed by atoms with E-state index in [1.165, 1.54) is 0 Å². The van der Waals surface area contributed by atoms with E-state index in [9.17, 15) is 4.79 Å². The zero-order valence-corrected chi connectivity index (χ0v) is 9.63. The molecular formula is C12H18N2O3. The summed E-state index contributed by atoms with van der Waals surface area (Å²) >= 11 is 0. The molecule has 5 heteroatoms. The number of benzene rings is 1. The van der Waals surface area contributed by atoms with Gasteiger partial charge in [-0.1, -0.05) is 30.3 Å². The van der Waals surface area contributed by atoms with E-state index in [0.29, 0.717) is 26.0 Å². The topological polar surface area (TPSA) is 84.6 Å². The van der Waals surface area contributed by atoms with Crippen LogP contribution in [0.25, 0.3) is 0 Å². The number of carboxylic acid groups (broad SMARTS) is 1. The second kappa shape index (κ2) is 7.78. The maximum atomic E-state index is 10.4. The van der Waals surface area contributed by atoms with Gasteiger partial charge in [0.25, 0.3) is 0 Å². The first kappa shape index (κ1) is 13.6. The lowest BCUT2D eigenvalue weighted by molar-refractivity contribution is -0.138. The molecule has 4 N–H and O–H groups in total. The number of hydrogen-bond donors (Lipinski definition) is 3. The number of carboxylic acids is 1. The molecule has 0 heterocycles. The van der Waals surface area contributed by atoms with Gasteiger partial charge in [0.2, 0.25) is 0 Å². The summed E-state index contributed by atoms with van der Waals surface area (Å²) in [5.41, 5.74) is 9.22. The van der Waals surface area contributed by atoms with Crippen LogP contribution >= 0.6 is 0 Å². The SMILES string of the molecule is N[C@@H](CCCNOCc1ccccc1)C(=O)O. The van der Waals surface area contributed by atoms with Crippen molar-refractivity contribution in [2.45, 2.75) is 25.5 Å². The Balaban J connectivity index is 2.00. The van der Waals surface area contributed by atoms with Crippen LogP contribution in [0.4, 0.5) is 0 Å². The van der Waals surface area contributed by atoms with Crippen molar-refractivity contribution in [2.75, 3.05) is 6.54 Å². The first-order valence-corrected chi connectivity index (χ1v) is 5.57. The van der Waals surface area contributed by atoms with Crippen LogP contribution in [0.15, 0.2) is 30.3 Å². The van der Waals surface area contributed by atoms with Crippen molar-refractivity contribution < 1.29 is 14.7 Å². The molecule has 0 unspecified atom stereocenters. The summed E-state index contributed by atoms with van der Waals surface area (Å²) in [5, 5.41) is 8.56. The summed E-state index contributed by atoms with van der Waals surface area (Å²) in [6.07, 6.45) is 1.11. The minimum absolute atomic E-state index is 0.441. The number of hydrogen-bond acceptors (Lipinski definition) is 4. The van der Waals surface area contributed by atoms with Crippen molar-refractivity contribution in [1.82, 2.24) is 5.48 Å². The van der Waals surface area contributed by atoms with Crippen LogP contribution in [0.2, 0.25) is 0 Å². The molecular weight excluding hydrogens is 220 g/mol. The quantitative estimate of drug-likeness (QED) is 0.463. The summed E-state index contributed by atoms with van der Waals surface area (Å²) in [7, 11) is 0. The standard InChI is InChI=1S/C12H18N2O3/c13-11(12(15)16)7-4-8-14-17-9-10-5-2-1-3-6-10/h1-3,5-6,11,14H,4,7-9,13H2,(H,15,16)/t11-/m0/s1. The third kappa shape index (κ3) is 6.01. The number of carbonyl (C=O) groups is 1. The van der Waals surface area contributed by atoms with Crippen LogP contribution in [0.3, 0.4) is 0 Å². The molecule has 0 aliphatic rings. The highest BCUT2D eigenvalue weighted by Gasteiger charge is 2.09. The summed E-state index contributed by atoms with van der Waals surface area (Å²) in [5.74, 6) is -0.963. The first-order chi connectivity index (χ1) is 8.20. The molecule has 0 spiro atoms. The molecule has 1 aromatic rings. The van der Waals surface area contributed by atoms with Crippen molar-refractivity contribution in [3.05, 3.63) is 35.9 Å². The summed E-state index contributed by atoms with van der Waals surface area (Å²) in [6, 6.07) is 9.01. The van der Waals surface area contributed by atoms with E-state index in [2.05, 4.69) is 5.48 Å². The highest BCUT2D eigenvalue weighted by Crippen LogP contribution is 1.99. The fourth-order valence-corrected chi connectivity index (χ4v) is 1.30. The fraction of sp³-hybridized carbons (Fsp3) is 0.417. The van der Waals surface area contributed by atoms with Crippen LogP contribution in [0, 0.1) is 0 Å². The third-order valence-electron chi connectivity index (χ3n) is 2.29. The Morgan fingerprint density at radius 3 is 2.76 bits per heavy atom. The van der Waals surface area contributed by atoms with Gasteiger partial charge in [-0.05, 0) is 18.4 Å². The maximum Gasteiger partial charge on any atom is 0.320 e. The number of nitrogens with one attached hydrogen (secondary N) is 1. The fourth-order valence-electron chi connectivity index (χ4n) is 1.30. The van der Waals surface area contributed by atoms with E-state index in [4.69, 9.17) is 15.7 Å². The van der Waals surface area contributed by atoms with Gasteiger partial charge < -0.3 is 10.8 Å². The number of rotatable bonds is 8. The number of hydroxylamine groups is 1. The molecule has 1 aromatic carbocycles. The molecule has 0 aromatic heterocycles. The monoisotopic (exact) mass is 238 g/mol. The predicted octanol–water partition coefficient (Wildman–Crippen LogP) is 0.900. The lowest BCUT2D eigenvalue weighted by Gasteiger charge is -2.07. The molecule has 0 saturated carbocycles. The number of nitrogens with two attached hydrogens (primary N) is 1. The minimum atomic E-state index is -0.963. The van der Waals surface area contributed by atoms with Gasteiger partial charge in [-0.25, -0.2) is 5.48 Å². The lowest BCUT2D eigenvalue weighted by Crippen LogP contribution is -2.31. The van der Waals surface area contributed by atoms with Crippen LogP contribution in [-0.2, 0) is 16.2 Å². The van der Waals surface area contributed by atoms with Crippen LogP contribution < -0.4 is 11.2 Å². The second-order valence-corrected chi connectivity index (χ2v) is 3.76. The van der Waals surface area contributed by atoms with Crippen LogP contribution in [-0.4, -0.2) is 23.7 Å². The summed E-state index contributed by atoms with van der Waals surface area (Å²) in [4.78, 5) is 15.7. The Hall–Kier alpha value is -1.43. The maximum absolute atomic E-state index is 10.4. The van der Waals surface area contributed by atoms with Crippen LogP contribution in [0.1, 0.15) is 18.4 Å². The molecule has 0 fully saturated rings. The smallest absolute Gasteiger partial charge is 0.320 e. The van der Waals surface area contributed by atoms with E-state index in [1.807, 2.05) is 30.3 Å². The first-order valence-electron chi connectivity index (χ1n) is 5.57. The van der Waals surface area contributed by atoms with Gasteiger partial charge in [0.05, 0.1) is 6.61 Å². The zero-order chi connectivity index (χ0) is 12.5. The van der Waals surface area contributed by atoms with Gasteiger partial charge in [0.15, 0.2) is 0 Å². The van der Waals surface area contributed by atoms with Gasteiger partial charge in [-0.3, -0.25) is 9.63 Å².